The summed E-state index contributed by atoms with van der Waals surface area (Å²) in [6.07, 6.45) is 6.91. The number of hydrogen-bond acceptors (Lipinski definition) is 4. The van der Waals surface area contributed by atoms with E-state index >= 15 is 0 Å². The van der Waals surface area contributed by atoms with E-state index in [1.807, 2.05) is 6.33 Å². The van der Waals surface area contributed by atoms with Crippen molar-refractivity contribution in [3.8, 4) is 0 Å². The number of aryl methyl sites for hydroxylation is 1. The Morgan fingerprint density at radius 1 is 1.17 bits per heavy atom. The van der Waals surface area contributed by atoms with Gasteiger partial charge >= 0.3 is 0 Å². The Morgan fingerprint density at radius 3 is 2.50 bits per heavy atom. The van der Waals surface area contributed by atoms with Crippen molar-refractivity contribution in [3.05, 3.63) is 12.2 Å². The fourth-order valence-electron chi connectivity index (χ4n) is 3.36. The molecule has 0 unspecified atom stereocenters. The van der Waals surface area contributed by atoms with Crippen molar-refractivity contribution in [3.63, 3.8) is 0 Å². The second kappa shape index (κ2) is 5.36. The predicted molar refractivity (Wildman–Crippen MR) is 70.4 cm³/mol. The lowest BCUT2D eigenvalue weighted by Crippen LogP contribution is -2.46. The first-order valence-corrected chi connectivity index (χ1v) is 7.13. The van der Waals surface area contributed by atoms with Gasteiger partial charge in [0.25, 0.3) is 0 Å². The van der Waals surface area contributed by atoms with Crippen LogP contribution in [0.4, 0.5) is 0 Å². The maximum absolute atomic E-state index is 4.26. The molecular formula is C13H23N5. The van der Waals surface area contributed by atoms with Crippen molar-refractivity contribution in [2.45, 2.75) is 37.6 Å². The fourth-order valence-corrected chi connectivity index (χ4v) is 3.36. The molecule has 0 saturated carbocycles. The standard InChI is InChI=1S/C13H23N5/c1-17-10-15-16-13(17)11-4-8-18(9-5-11)12-2-6-14-7-3-12/h10-12,14H,2-9H2,1H3. The van der Waals surface area contributed by atoms with Gasteiger partial charge in [0, 0.05) is 19.0 Å². The van der Waals surface area contributed by atoms with E-state index in [0.29, 0.717) is 5.92 Å². The fraction of sp³-hybridized carbons (Fsp3) is 0.846. The number of aromatic nitrogens is 3. The highest BCUT2D eigenvalue weighted by molar-refractivity contribution is 4.99. The number of nitrogens with one attached hydrogen (secondary N) is 1. The summed E-state index contributed by atoms with van der Waals surface area (Å²) in [5.41, 5.74) is 0. The molecule has 2 aliphatic rings. The molecule has 0 bridgehead atoms. The largest absolute Gasteiger partial charge is 0.320 e. The minimum absolute atomic E-state index is 0.607. The average molecular weight is 249 g/mol. The van der Waals surface area contributed by atoms with E-state index < -0.39 is 0 Å². The highest BCUT2D eigenvalue weighted by Gasteiger charge is 2.28. The molecule has 100 valence electrons. The van der Waals surface area contributed by atoms with Crippen LogP contribution in [-0.2, 0) is 7.05 Å². The van der Waals surface area contributed by atoms with Crippen molar-refractivity contribution < 1.29 is 0 Å². The predicted octanol–water partition coefficient (Wildman–Crippen LogP) is 0.746. The van der Waals surface area contributed by atoms with Gasteiger partial charge in [0.1, 0.15) is 12.2 Å². The Balaban J connectivity index is 1.56. The summed E-state index contributed by atoms with van der Waals surface area (Å²) in [5, 5.41) is 11.7. The van der Waals surface area contributed by atoms with E-state index in [0.717, 1.165) is 6.04 Å². The van der Waals surface area contributed by atoms with Gasteiger partial charge in [-0.05, 0) is 51.9 Å². The minimum Gasteiger partial charge on any atom is -0.320 e. The first kappa shape index (κ1) is 12.1. The Bertz CT molecular complexity index is 374. The lowest BCUT2D eigenvalue weighted by molar-refractivity contribution is 0.125. The van der Waals surface area contributed by atoms with Crippen molar-refractivity contribution in [2.75, 3.05) is 26.2 Å². The Morgan fingerprint density at radius 2 is 1.89 bits per heavy atom. The maximum Gasteiger partial charge on any atom is 0.135 e. The van der Waals surface area contributed by atoms with Gasteiger partial charge in [-0.2, -0.15) is 0 Å². The molecule has 3 heterocycles. The summed E-state index contributed by atoms with van der Waals surface area (Å²) in [7, 11) is 2.05. The molecule has 0 aromatic carbocycles. The van der Waals surface area contributed by atoms with Crippen molar-refractivity contribution in [1.29, 1.82) is 0 Å². The van der Waals surface area contributed by atoms with E-state index in [4.69, 9.17) is 0 Å². The molecular weight excluding hydrogens is 226 g/mol. The second-order valence-electron chi connectivity index (χ2n) is 5.59. The quantitative estimate of drug-likeness (QED) is 0.840. The summed E-state index contributed by atoms with van der Waals surface area (Å²) in [6, 6.07) is 0.812. The molecule has 0 radical (unpaired) electrons. The normalized spacial score (nSPS) is 24.5. The van der Waals surface area contributed by atoms with Crippen molar-refractivity contribution in [2.24, 2.45) is 7.05 Å². The number of rotatable bonds is 2. The molecule has 2 fully saturated rings. The number of nitrogens with zero attached hydrogens (tertiary/aromatic N) is 4. The van der Waals surface area contributed by atoms with Gasteiger partial charge in [0.15, 0.2) is 0 Å². The van der Waals surface area contributed by atoms with Crippen LogP contribution in [0.3, 0.4) is 0 Å². The van der Waals surface area contributed by atoms with Gasteiger partial charge < -0.3 is 14.8 Å². The van der Waals surface area contributed by atoms with E-state index in [-0.39, 0.29) is 0 Å². The van der Waals surface area contributed by atoms with Gasteiger partial charge in [-0.3, -0.25) is 0 Å². The highest BCUT2D eigenvalue weighted by atomic mass is 15.3. The smallest absolute Gasteiger partial charge is 0.135 e. The van der Waals surface area contributed by atoms with Crippen LogP contribution in [0, 0.1) is 0 Å². The Kier molecular flexibility index (Phi) is 3.61. The first-order chi connectivity index (χ1) is 8.84. The minimum atomic E-state index is 0.607. The number of hydrogen-bond donors (Lipinski definition) is 1. The molecule has 5 heteroatoms. The van der Waals surface area contributed by atoms with Gasteiger partial charge in [-0.1, -0.05) is 0 Å². The van der Waals surface area contributed by atoms with Crippen LogP contribution < -0.4 is 5.32 Å². The van der Waals surface area contributed by atoms with Crippen molar-refractivity contribution in [1.82, 2.24) is 25.0 Å². The highest BCUT2D eigenvalue weighted by Crippen LogP contribution is 2.28. The number of likely N-dealkylation sites (tertiary alicyclic amines) is 1. The molecule has 3 rings (SSSR count). The van der Waals surface area contributed by atoms with E-state index in [9.17, 15) is 0 Å². The summed E-state index contributed by atoms with van der Waals surface area (Å²) in [6.45, 7) is 4.83. The van der Waals surface area contributed by atoms with Gasteiger partial charge in [0.05, 0.1) is 0 Å². The summed E-state index contributed by atoms with van der Waals surface area (Å²) >= 11 is 0. The van der Waals surface area contributed by atoms with E-state index in [1.54, 1.807) is 0 Å². The molecule has 2 aliphatic heterocycles. The van der Waals surface area contributed by atoms with Crippen LogP contribution in [-0.4, -0.2) is 51.9 Å². The topological polar surface area (TPSA) is 46.0 Å². The van der Waals surface area contributed by atoms with Crippen LogP contribution in [0.25, 0.3) is 0 Å². The Hall–Kier alpha value is -0.940. The molecule has 0 aliphatic carbocycles. The molecule has 1 aromatic heterocycles. The van der Waals surface area contributed by atoms with Crippen LogP contribution in [0.5, 0.6) is 0 Å². The molecule has 1 N–H and O–H groups in total. The third-order valence-electron chi connectivity index (χ3n) is 4.47. The lowest BCUT2D eigenvalue weighted by atomic mass is 9.93. The summed E-state index contributed by atoms with van der Waals surface area (Å²) < 4.78 is 2.07. The summed E-state index contributed by atoms with van der Waals surface area (Å²) in [5.74, 6) is 1.77. The van der Waals surface area contributed by atoms with E-state index in [1.165, 1.54) is 57.7 Å². The van der Waals surface area contributed by atoms with Gasteiger partial charge in [0.2, 0.25) is 0 Å². The molecule has 0 spiro atoms. The van der Waals surface area contributed by atoms with Crippen LogP contribution in [0.1, 0.15) is 37.4 Å². The van der Waals surface area contributed by atoms with E-state index in [2.05, 4.69) is 32.0 Å². The van der Waals surface area contributed by atoms with Crippen LogP contribution in [0.15, 0.2) is 6.33 Å². The van der Waals surface area contributed by atoms with Crippen LogP contribution in [0.2, 0.25) is 0 Å². The summed E-state index contributed by atoms with van der Waals surface area (Å²) in [4.78, 5) is 2.69. The zero-order chi connectivity index (χ0) is 12.4. The third-order valence-corrected chi connectivity index (χ3v) is 4.47. The average Bonchev–Trinajstić information content (AvgIpc) is 2.86. The van der Waals surface area contributed by atoms with Crippen molar-refractivity contribution >= 4 is 0 Å². The molecule has 0 atom stereocenters. The van der Waals surface area contributed by atoms with Crippen LogP contribution >= 0.6 is 0 Å². The molecule has 5 nitrogen and oxygen atoms in total. The molecule has 18 heavy (non-hydrogen) atoms. The number of piperidine rings is 2. The Labute approximate surface area is 109 Å². The second-order valence-corrected chi connectivity index (χ2v) is 5.59. The molecule has 1 aromatic rings. The third kappa shape index (κ3) is 2.42. The van der Waals surface area contributed by atoms with Gasteiger partial charge in [-0.15, -0.1) is 10.2 Å². The maximum atomic E-state index is 4.26. The molecule has 2 saturated heterocycles. The zero-order valence-electron chi connectivity index (χ0n) is 11.2. The monoisotopic (exact) mass is 249 g/mol. The zero-order valence-corrected chi connectivity index (χ0v) is 11.2. The first-order valence-electron chi connectivity index (χ1n) is 7.13. The van der Waals surface area contributed by atoms with Gasteiger partial charge in [-0.25, -0.2) is 0 Å². The lowest BCUT2D eigenvalue weighted by Gasteiger charge is -2.39. The SMILES string of the molecule is Cn1cnnc1C1CCN(C2CCNCC2)CC1. The molecule has 0 amide bonds.